The van der Waals surface area contributed by atoms with E-state index in [2.05, 4.69) is 6.58 Å². The van der Waals surface area contributed by atoms with Crippen LogP contribution in [-0.4, -0.2) is 11.2 Å². The maximum Gasteiger partial charge on any atom is 0.0723 e. The number of hydrogen-bond donors (Lipinski definition) is 1. The number of rotatable bonds is 3. The molecule has 68 valence electrons. The van der Waals surface area contributed by atoms with Gasteiger partial charge < -0.3 is 5.11 Å². The zero-order valence-corrected chi connectivity index (χ0v) is 7.63. The quantitative estimate of drug-likeness (QED) is 0.639. The minimum atomic E-state index is -0.188. The average molecular weight is 166 g/mol. The van der Waals surface area contributed by atoms with E-state index in [0.717, 1.165) is 25.7 Å². The van der Waals surface area contributed by atoms with Gasteiger partial charge in [-0.3, -0.25) is 0 Å². The highest BCUT2D eigenvalue weighted by atomic mass is 16.3. The molecule has 0 aromatic rings. The van der Waals surface area contributed by atoms with Crippen LogP contribution in [0.1, 0.15) is 38.5 Å². The van der Waals surface area contributed by atoms with Crippen molar-refractivity contribution in [2.45, 2.75) is 44.6 Å². The van der Waals surface area contributed by atoms with E-state index in [4.69, 9.17) is 0 Å². The Balaban J connectivity index is 2.42. The van der Waals surface area contributed by atoms with Gasteiger partial charge in [0.1, 0.15) is 0 Å². The molecule has 0 heterocycles. The predicted molar refractivity (Wildman–Crippen MR) is 52.0 cm³/mol. The third-order valence-corrected chi connectivity index (χ3v) is 2.35. The van der Waals surface area contributed by atoms with Gasteiger partial charge in [0.25, 0.3) is 0 Å². The summed E-state index contributed by atoms with van der Waals surface area (Å²) in [5.74, 6) is 0. The van der Waals surface area contributed by atoms with Crippen molar-refractivity contribution in [2.75, 3.05) is 0 Å². The highest BCUT2D eigenvalue weighted by Crippen LogP contribution is 2.21. The Labute approximate surface area is 74.8 Å². The second-order valence-electron chi connectivity index (χ2n) is 3.47. The maximum atomic E-state index is 9.46. The van der Waals surface area contributed by atoms with Crippen LogP contribution in [0.4, 0.5) is 0 Å². The fourth-order valence-electron chi connectivity index (χ4n) is 1.64. The molecule has 1 nitrogen and oxygen atoms in total. The molecule has 0 aromatic carbocycles. The number of aliphatic hydroxyl groups excluding tert-OH is 1. The number of aliphatic hydroxyl groups is 1. The molecule has 0 aromatic heterocycles. The molecule has 0 aliphatic heterocycles. The van der Waals surface area contributed by atoms with Crippen LogP contribution in [0, 0.1) is 0 Å². The maximum absolute atomic E-state index is 9.46. The van der Waals surface area contributed by atoms with E-state index in [0.29, 0.717) is 0 Å². The lowest BCUT2D eigenvalue weighted by Gasteiger charge is -2.03. The largest absolute Gasteiger partial charge is 0.389 e. The summed E-state index contributed by atoms with van der Waals surface area (Å²) in [6, 6.07) is 0. The van der Waals surface area contributed by atoms with Crippen molar-refractivity contribution in [3.63, 3.8) is 0 Å². The lowest BCUT2D eigenvalue weighted by atomic mass is 10.1. The molecule has 1 unspecified atom stereocenters. The fraction of sp³-hybridized carbons (Fsp3) is 0.636. The van der Waals surface area contributed by atoms with Crippen LogP contribution in [0.3, 0.4) is 0 Å². The summed E-state index contributed by atoms with van der Waals surface area (Å²) in [5, 5.41) is 9.46. The number of allylic oxidation sites excluding steroid dienone is 2. The average Bonchev–Trinajstić information content (AvgIpc) is 2.26. The van der Waals surface area contributed by atoms with Gasteiger partial charge in [-0.15, -0.1) is 6.58 Å². The van der Waals surface area contributed by atoms with Crippen molar-refractivity contribution in [3.8, 4) is 0 Å². The van der Waals surface area contributed by atoms with Crippen LogP contribution in [0.5, 0.6) is 0 Å². The van der Waals surface area contributed by atoms with Gasteiger partial charge in [0.15, 0.2) is 0 Å². The molecular weight excluding hydrogens is 148 g/mol. The summed E-state index contributed by atoms with van der Waals surface area (Å²) in [5.41, 5.74) is 1.42. The van der Waals surface area contributed by atoms with Crippen molar-refractivity contribution in [1.82, 2.24) is 0 Å². The monoisotopic (exact) mass is 166 g/mol. The Kier molecular flexibility index (Phi) is 4.09. The first-order valence-electron chi connectivity index (χ1n) is 4.81. The van der Waals surface area contributed by atoms with Gasteiger partial charge in [0.05, 0.1) is 6.10 Å². The van der Waals surface area contributed by atoms with Crippen molar-refractivity contribution < 1.29 is 5.11 Å². The Bertz CT molecular complexity index is 170. The van der Waals surface area contributed by atoms with E-state index < -0.39 is 0 Å². The molecule has 1 aliphatic carbocycles. The molecule has 0 saturated heterocycles. The summed E-state index contributed by atoms with van der Waals surface area (Å²) in [7, 11) is 0. The highest BCUT2D eigenvalue weighted by molar-refractivity contribution is 5.07. The molecule has 12 heavy (non-hydrogen) atoms. The minimum absolute atomic E-state index is 0.188. The second kappa shape index (κ2) is 5.15. The third kappa shape index (κ3) is 3.22. The van der Waals surface area contributed by atoms with Gasteiger partial charge in [-0.25, -0.2) is 0 Å². The van der Waals surface area contributed by atoms with E-state index >= 15 is 0 Å². The first-order chi connectivity index (χ1) is 5.83. The SMILES string of the molecule is C=CCCC1=CC(O)CCCC1. The minimum Gasteiger partial charge on any atom is -0.389 e. The molecule has 1 rings (SSSR count). The second-order valence-corrected chi connectivity index (χ2v) is 3.47. The fourth-order valence-corrected chi connectivity index (χ4v) is 1.64. The molecule has 1 atom stereocenters. The normalized spacial score (nSPS) is 24.4. The van der Waals surface area contributed by atoms with Gasteiger partial charge in [-0.1, -0.05) is 24.1 Å². The molecule has 0 amide bonds. The van der Waals surface area contributed by atoms with Crippen molar-refractivity contribution in [3.05, 3.63) is 24.3 Å². The summed E-state index contributed by atoms with van der Waals surface area (Å²) in [6.07, 6.45) is 10.4. The Morgan fingerprint density at radius 3 is 3.17 bits per heavy atom. The molecule has 1 heteroatoms. The standard InChI is InChI=1S/C11H18O/c1-2-3-6-10-7-4-5-8-11(12)9-10/h2,9,11-12H,1,3-8H2. The van der Waals surface area contributed by atoms with Crippen molar-refractivity contribution in [1.29, 1.82) is 0 Å². The van der Waals surface area contributed by atoms with E-state index in [9.17, 15) is 5.11 Å². The van der Waals surface area contributed by atoms with Crippen molar-refractivity contribution >= 4 is 0 Å². The van der Waals surface area contributed by atoms with Crippen LogP contribution in [0.25, 0.3) is 0 Å². The topological polar surface area (TPSA) is 20.2 Å². The molecule has 0 fully saturated rings. The Hall–Kier alpha value is -0.560. The van der Waals surface area contributed by atoms with Gasteiger partial charge >= 0.3 is 0 Å². The summed E-state index contributed by atoms with van der Waals surface area (Å²) in [6.45, 7) is 3.70. The van der Waals surface area contributed by atoms with Crippen LogP contribution in [-0.2, 0) is 0 Å². The molecule has 1 N–H and O–H groups in total. The van der Waals surface area contributed by atoms with E-state index in [1.54, 1.807) is 0 Å². The molecule has 0 saturated carbocycles. The van der Waals surface area contributed by atoms with Crippen LogP contribution < -0.4 is 0 Å². The van der Waals surface area contributed by atoms with Gasteiger partial charge in [0.2, 0.25) is 0 Å². The zero-order chi connectivity index (χ0) is 8.81. The first kappa shape index (κ1) is 9.53. The van der Waals surface area contributed by atoms with Gasteiger partial charge in [0, 0.05) is 0 Å². The third-order valence-electron chi connectivity index (χ3n) is 2.35. The highest BCUT2D eigenvalue weighted by Gasteiger charge is 2.07. The predicted octanol–water partition coefficient (Wildman–Crippen LogP) is 2.81. The first-order valence-corrected chi connectivity index (χ1v) is 4.81. The van der Waals surface area contributed by atoms with E-state index in [1.807, 2.05) is 12.2 Å². The van der Waals surface area contributed by atoms with E-state index in [1.165, 1.54) is 18.4 Å². The smallest absolute Gasteiger partial charge is 0.0723 e. The van der Waals surface area contributed by atoms with E-state index in [-0.39, 0.29) is 6.10 Å². The summed E-state index contributed by atoms with van der Waals surface area (Å²) in [4.78, 5) is 0. The lowest BCUT2D eigenvalue weighted by molar-refractivity contribution is 0.211. The van der Waals surface area contributed by atoms with Crippen LogP contribution >= 0.6 is 0 Å². The molecule has 0 bridgehead atoms. The number of hydrogen-bond acceptors (Lipinski definition) is 1. The van der Waals surface area contributed by atoms with Gasteiger partial charge in [-0.2, -0.15) is 0 Å². The zero-order valence-electron chi connectivity index (χ0n) is 7.63. The van der Waals surface area contributed by atoms with Crippen LogP contribution in [0.15, 0.2) is 24.3 Å². The lowest BCUT2D eigenvalue weighted by Crippen LogP contribution is -2.00. The molecule has 1 aliphatic rings. The summed E-state index contributed by atoms with van der Waals surface area (Å²) >= 11 is 0. The molecule has 0 spiro atoms. The Morgan fingerprint density at radius 1 is 1.58 bits per heavy atom. The van der Waals surface area contributed by atoms with Crippen molar-refractivity contribution in [2.24, 2.45) is 0 Å². The molecular formula is C11H18O. The summed E-state index contributed by atoms with van der Waals surface area (Å²) < 4.78 is 0. The van der Waals surface area contributed by atoms with Crippen LogP contribution in [0.2, 0.25) is 0 Å². The Morgan fingerprint density at radius 2 is 2.42 bits per heavy atom. The van der Waals surface area contributed by atoms with Gasteiger partial charge in [-0.05, 0) is 32.1 Å². The molecule has 0 radical (unpaired) electrons.